The third-order valence-electron chi connectivity index (χ3n) is 5.39. The second-order valence-corrected chi connectivity index (χ2v) is 7.57. The SMILES string of the molecule is Cc1cccc(C)c1COc1ccc2c(c1)cc(C(=O)O)n2CCCCCC(=O)O. The van der Waals surface area contributed by atoms with Crippen LogP contribution in [0.5, 0.6) is 5.75 Å². The Bertz CT molecular complexity index is 1050. The van der Waals surface area contributed by atoms with Crippen LogP contribution in [-0.4, -0.2) is 26.7 Å². The van der Waals surface area contributed by atoms with Gasteiger partial charge in [-0.15, -0.1) is 0 Å². The monoisotopic (exact) mass is 409 g/mol. The first-order chi connectivity index (χ1) is 14.4. The molecule has 1 aromatic heterocycles. The molecular weight excluding hydrogens is 382 g/mol. The van der Waals surface area contributed by atoms with Gasteiger partial charge in [-0.3, -0.25) is 4.79 Å². The Hall–Kier alpha value is -3.28. The Kier molecular flexibility index (Phi) is 6.77. The van der Waals surface area contributed by atoms with Crippen molar-refractivity contribution in [2.75, 3.05) is 0 Å². The van der Waals surface area contributed by atoms with Crippen LogP contribution in [0.25, 0.3) is 10.9 Å². The van der Waals surface area contributed by atoms with Crippen LogP contribution in [0.1, 0.15) is 52.9 Å². The summed E-state index contributed by atoms with van der Waals surface area (Å²) in [4.78, 5) is 22.3. The van der Waals surface area contributed by atoms with Gasteiger partial charge in [-0.25, -0.2) is 4.79 Å². The molecule has 0 radical (unpaired) electrons. The Morgan fingerprint density at radius 2 is 1.70 bits per heavy atom. The lowest BCUT2D eigenvalue weighted by Crippen LogP contribution is -2.08. The van der Waals surface area contributed by atoms with E-state index in [1.54, 1.807) is 10.6 Å². The van der Waals surface area contributed by atoms with Crippen LogP contribution in [-0.2, 0) is 17.9 Å². The maximum atomic E-state index is 11.7. The molecule has 0 aliphatic rings. The largest absolute Gasteiger partial charge is 0.489 e. The van der Waals surface area contributed by atoms with Crippen molar-refractivity contribution >= 4 is 22.8 Å². The van der Waals surface area contributed by atoms with Gasteiger partial charge in [0.2, 0.25) is 0 Å². The maximum absolute atomic E-state index is 11.7. The summed E-state index contributed by atoms with van der Waals surface area (Å²) in [6.07, 6.45) is 2.19. The van der Waals surface area contributed by atoms with E-state index in [1.807, 2.05) is 24.3 Å². The van der Waals surface area contributed by atoms with E-state index in [4.69, 9.17) is 9.84 Å². The Morgan fingerprint density at radius 1 is 0.967 bits per heavy atom. The van der Waals surface area contributed by atoms with E-state index in [1.165, 1.54) is 11.1 Å². The Labute approximate surface area is 175 Å². The molecule has 0 amide bonds. The van der Waals surface area contributed by atoms with Gasteiger partial charge in [-0.05, 0) is 67.6 Å². The summed E-state index contributed by atoms with van der Waals surface area (Å²) >= 11 is 0. The fourth-order valence-electron chi connectivity index (χ4n) is 3.71. The maximum Gasteiger partial charge on any atom is 0.352 e. The smallest absolute Gasteiger partial charge is 0.352 e. The number of hydrogen-bond acceptors (Lipinski definition) is 3. The highest BCUT2D eigenvalue weighted by Gasteiger charge is 2.15. The number of carboxylic acids is 2. The lowest BCUT2D eigenvalue weighted by atomic mass is 10.0. The van der Waals surface area contributed by atoms with E-state index in [-0.39, 0.29) is 12.1 Å². The number of hydrogen-bond donors (Lipinski definition) is 2. The fourth-order valence-corrected chi connectivity index (χ4v) is 3.71. The lowest BCUT2D eigenvalue weighted by Gasteiger charge is -2.12. The van der Waals surface area contributed by atoms with Gasteiger partial charge >= 0.3 is 11.9 Å². The average Bonchev–Trinajstić information content (AvgIpc) is 3.05. The van der Waals surface area contributed by atoms with Crippen LogP contribution in [0.15, 0.2) is 42.5 Å². The van der Waals surface area contributed by atoms with E-state index in [9.17, 15) is 14.7 Å². The normalized spacial score (nSPS) is 11.0. The Balaban J connectivity index is 1.76. The summed E-state index contributed by atoms with van der Waals surface area (Å²) in [5.74, 6) is -1.09. The molecule has 2 N–H and O–H groups in total. The van der Waals surface area contributed by atoms with Crippen molar-refractivity contribution in [2.24, 2.45) is 0 Å². The average molecular weight is 409 g/mol. The van der Waals surface area contributed by atoms with Crippen molar-refractivity contribution in [1.82, 2.24) is 4.57 Å². The molecule has 6 nitrogen and oxygen atoms in total. The van der Waals surface area contributed by atoms with E-state index < -0.39 is 11.9 Å². The number of nitrogens with zero attached hydrogens (tertiary/aromatic N) is 1. The highest BCUT2D eigenvalue weighted by atomic mass is 16.5. The molecule has 3 aromatic rings. The third-order valence-corrected chi connectivity index (χ3v) is 5.39. The van der Waals surface area contributed by atoms with Crippen molar-refractivity contribution in [3.8, 4) is 5.75 Å². The highest BCUT2D eigenvalue weighted by Crippen LogP contribution is 2.27. The molecule has 0 aliphatic carbocycles. The predicted octanol–water partition coefficient (Wildman–Crippen LogP) is 5.18. The molecule has 0 saturated carbocycles. The number of rotatable bonds is 10. The van der Waals surface area contributed by atoms with E-state index >= 15 is 0 Å². The summed E-state index contributed by atoms with van der Waals surface area (Å²) in [5.41, 5.74) is 4.58. The number of unbranched alkanes of at least 4 members (excludes halogenated alkanes) is 2. The molecule has 0 aliphatic heterocycles. The quantitative estimate of drug-likeness (QED) is 0.450. The standard InChI is InChI=1S/C24H27NO5/c1-16-7-6-8-17(2)20(16)15-30-19-10-11-21-18(13-19)14-22(24(28)29)25(21)12-5-3-4-9-23(26)27/h6-8,10-11,13-14H,3-5,9,12,15H2,1-2H3,(H,26,27)(H,28,29). The first-order valence-corrected chi connectivity index (χ1v) is 10.1. The topological polar surface area (TPSA) is 88.8 Å². The number of fused-ring (bicyclic) bond motifs is 1. The molecule has 0 fully saturated rings. The molecule has 3 rings (SSSR count). The van der Waals surface area contributed by atoms with E-state index in [0.717, 1.165) is 29.3 Å². The zero-order valence-electron chi connectivity index (χ0n) is 17.4. The van der Waals surface area contributed by atoms with Gasteiger partial charge in [0.1, 0.15) is 18.1 Å². The van der Waals surface area contributed by atoms with Crippen LogP contribution in [0.4, 0.5) is 0 Å². The number of aromatic carboxylic acids is 1. The summed E-state index contributed by atoms with van der Waals surface area (Å²) < 4.78 is 7.78. The number of aliphatic carboxylic acids is 1. The lowest BCUT2D eigenvalue weighted by molar-refractivity contribution is -0.137. The van der Waals surface area contributed by atoms with Crippen molar-refractivity contribution < 1.29 is 24.5 Å². The minimum absolute atomic E-state index is 0.138. The number of aromatic nitrogens is 1. The second-order valence-electron chi connectivity index (χ2n) is 7.57. The number of carbonyl (C=O) groups is 2. The molecule has 158 valence electrons. The van der Waals surface area contributed by atoms with Crippen LogP contribution in [0.2, 0.25) is 0 Å². The molecule has 1 heterocycles. The molecule has 0 bridgehead atoms. The molecule has 0 atom stereocenters. The summed E-state index contributed by atoms with van der Waals surface area (Å²) in [6.45, 7) is 5.11. The van der Waals surface area contributed by atoms with Gasteiger partial charge in [0.15, 0.2) is 0 Å². The first-order valence-electron chi connectivity index (χ1n) is 10.1. The number of carboxylic acid groups (broad SMARTS) is 2. The summed E-state index contributed by atoms with van der Waals surface area (Å²) in [7, 11) is 0. The fraction of sp³-hybridized carbons (Fsp3) is 0.333. The van der Waals surface area contributed by atoms with Crippen molar-refractivity contribution in [3.63, 3.8) is 0 Å². The summed E-state index contributed by atoms with van der Waals surface area (Å²) in [6, 6.07) is 13.4. The molecule has 6 heteroatoms. The highest BCUT2D eigenvalue weighted by molar-refractivity contribution is 5.95. The minimum atomic E-state index is -0.977. The number of benzene rings is 2. The van der Waals surface area contributed by atoms with Crippen LogP contribution in [0.3, 0.4) is 0 Å². The van der Waals surface area contributed by atoms with Crippen LogP contribution >= 0.6 is 0 Å². The van der Waals surface area contributed by atoms with Gasteiger partial charge in [-0.1, -0.05) is 24.6 Å². The van der Waals surface area contributed by atoms with Crippen LogP contribution in [0, 0.1) is 13.8 Å². The molecule has 2 aromatic carbocycles. The van der Waals surface area contributed by atoms with Crippen molar-refractivity contribution in [3.05, 3.63) is 64.8 Å². The van der Waals surface area contributed by atoms with Crippen molar-refractivity contribution in [1.29, 1.82) is 0 Å². The Morgan fingerprint density at radius 3 is 2.37 bits per heavy atom. The van der Waals surface area contributed by atoms with Gasteiger partial charge in [0, 0.05) is 23.9 Å². The number of ether oxygens (including phenoxy) is 1. The molecule has 0 unspecified atom stereocenters. The van der Waals surface area contributed by atoms with Gasteiger partial charge in [-0.2, -0.15) is 0 Å². The molecule has 0 spiro atoms. The minimum Gasteiger partial charge on any atom is -0.489 e. The van der Waals surface area contributed by atoms with Gasteiger partial charge < -0.3 is 19.5 Å². The van der Waals surface area contributed by atoms with E-state index in [2.05, 4.69) is 26.0 Å². The van der Waals surface area contributed by atoms with Gasteiger partial charge in [0.25, 0.3) is 0 Å². The molecular formula is C24H27NO5. The summed E-state index contributed by atoms with van der Waals surface area (Å²) in [5, 5.41) is 19.1. The molecule has 0 saturated heterocycles. The van der Waals surface area contributed by atoms with Gasteiger partial charge in [0.05, 0.1) is 0 Å². The van der Waals surface area contributed by atoms with Crippen molar-refractivity contribution in [2.45, 2.75) is 52.7 Å². The number of aryl methyl sites for hydroxylation is 3. The second kappa shape index (κ2) is 9.48. The zero-order chi connectivity index (χ0) is 21.7. The van der Waals surface area contributed by atoms with E-state index in [0.29, 0.717) is 25.3 Å². The predicted molar refractivity (Wildman–Crippen MR) is 115 cm³/mol. The molecule has 30 heavy (non-hydrogen) atoms. The third kappa shape index (κ3) is 5.00. The van der Waals surface area contributed by atoms with Crippen LogP contribution < -0.4 is 4.74 Å². The zero-order valence-corrected chi connectivity index (χ0v) is 17.4. The first kappa shape index (κ1) is 21.4.